The van der Waals surface area contributed by atoms with E-state index in [1.54, 1.807) is 23.5 Å². The van der Waals surface area contributed by atoms with Crippen LogP contribution < -0.4 is 5.73 Å². The summed E-state index contributed by atoms with van der Waals surface area (Å²) in [4.78, 5) is 2.34. The Labute approximate surface area is 115 Å². The Hall–Kier alpha value is -0.900. The molecule has 2 rings (SSSR count). The van der Waals surface area contributed by atoms with E-state index in [4.69, 9.17) is 17.3 Å². The van der Waals surface area contributed by atoms with Gasteiger partial charge in [0.25, 0.3) is 0 Å². The summed E-state index contributed by atoms with van der Waals surface area (Å²) in [6.07, 6.45) is 0.464. The Morgan fingerprint density at radius 2 is 2.06 bits per heavy atom. The zero-order valence-corrected chi connectivity index (χ0v) is 11.9. The molecular formula is C14H15ClFNS. The molecule has 18 heavy (non-hydrogen) atoms. The molecular weight excluding hydrogens is 269 g/mol. The number of rotatable bonds is 3. The first-order valence-electron chi connectivity index (χ1n) is 5.74. The molecule has 2 N–H and O–H groups in total. The van der Waals surface area contributed by atoms with Gasteiger partial charge in [0.05, 0.1) is 0 Å². The van der Waals surface area contributed by atoms with E-state index in [9.17, 15) is 4.39 Å². The van der Waals surface area contributed by atoms with Crippen molar-refractivity contribution in [3.05, 3.63) is 56.0 Å². The van der Waals surface area contributed by atoms with Gasteiger partial charge in [-0.3, -0.25) is 0 Å². The number of aryl methyl sites for hydroxylation is 2. The molecule has 0 aliphatic carbocycles. The summed E-state index contributed by atoms with van der Waals surface area (Å²) >= 11 is 7.54. The topological polar surface area (TPSA) is 26.0 Å². The van der Waals surface area contributed by atoms with Crippen molar-refractivity contribution in [2.75, 3.05) is 0 Å². The lowest BCUT2D eigenvalue weighted by atomic mass is 10.0. The maximum absolute atomic E-state index is 13.6. The summed E-state index contributed by atoms with van der Waals surface area (Å²) in [5, 5.41) is 0.539. The molecule has 1 nitrogen and oxygen atoms in total. The third kappa shape index (κ3) is 2.91. The predicted octanol–water partition coefficient (Wildman–Crippen LogP) is 4.40. The van der Waals surface area contributed by atoms with E-state index in [1.807, 2.05) is 0 Å². The van der Waals surface area contributed by atoms with Gasteiger partial charge in [0.1, 0.15) is 5.82 Å². The largest absolute Gasteiger partial charge is 0.323 e. The molecule has 0 saturated carbocycles. The molecule has 0 spiro atoms. The molecule has 1 heterocycles. The summed E-state index contributed by atoms with van der Waals surface area (Å²) in [6.45, 7) is 4.12. The van der Waals surface area contributed by atoms with Crippen molar-refractivity contribution in [1.82, 2.24) is 0 Å². The number of thiophene rings is 1. The first-order valence-corrected chi connectivity index (χ1v) is 6.93. The summed E-state index contributed by atoms with van der Waals surface area (Å²) < 4.78 is 13.6. The highest BCUT2D eigenvalue weighted by Crippen LogP contribution is 2.28. The van der Waals surface area contributed by atoms with Crippen molar-refractivity contribution in [3.63, 3.8) is 0 Å². The van der Waals surface area contributed by atoms with Gasteiger partial charge in [0.15, 0.2) is 0 Å². The molecule has 96 valence electrons. The fourth-order valence-electron chi connectivity index (χ4n) is 1.82. The SMILES string of the molecule is Cc1cc(C(N)Cc2cc(Cl)ccc2F)sc1C. The molecule has 0 aliphatic heterocycles. The van der Waals surface area contributed by atoms with Crippen LogP contribution in [0, 0.1) is 19.7 Å². The molecule has 4 heteroatoms. The van der Waals surface area contributed by atoms with Crippen molar-refractivity contribution in [2.45, 2.75) is 26.3 Å². The van der Waals surface area contributed by atoms with E-state index in [0.29, 0.717) is 17.0 Å². The van der Waals surface area contributed by atoms with Crippen LogP contribution in [-0.2, 0) is 6.42 Å². The van der Waals surface area contributed by atoms with Gasteiger partial charge in [-0.2, -0.15) is 0 Å². The highest BCUT2D eigenvalue weighted by Gasteiger charge is 2.13. The minimum Gasteiger partial charge on any atom is -0.323 e. The van der Waals surface area contributed by atoms with Crippen molar-refractivity contribution < 1.29 is 4.39 Å². The molecule has 0 aliphatic rings. The number of nitrogens with two attached hydrogens (primary N) is 1. The second-order valence-electron chi connectivity index (χ2n) is 4.43. The van der Waals surface area contributed by atoms with E-state index in [-0.39, 0.29) is 11.9 Å². The number of benzene rings is 1. The Morgan fingerprint density at radius 3 is 2.67 bits per heavy atom. The Balaban J connectivity index is 2.20. The standard InChI is InChI=1S/C14H15ClFNS/c1-8-5-14(18-9(8)2)13(17)7-10-6-11(15)3-4-12(10)16/h3-6,13H,7,17H2,1-2H3. The molecule has 0 radical (unpaired) electrons. The first-order chi connectivity index (χ1) is 8.47. The van der Waals surface area contributed by atoms with Gasteiger partial charge in [0.2, 0.25) is 0 Å². The maximum atomic E-state index is 13.6. The van der Waals surface area contributed by atoms with Crippen LogP contribution in [0.2, 0.25) is 5.02 Å². The van der Waals surface area contributed by atoms with Gasteiger partial charge in [-0.15, -0.1) is 11.3 Å². The van der Waals surface area contributed by atoms with Gasteiger partial charge in [-0.25, -0.2) is 4.39 Å². The number of hydrogen-bond donors (Lipinski definition) is 1. The molecule has 0 fully saturated rings. The average Bonchev–Trinajstić information content (AvgIpc) is 2.64. The van der Waals surface area contributed by atoms with Crippen LogP contribution in [0.3, 0.4) is 0 Å². The van der Waals surface area contributed by atoms with Crippen LogP contribution >= 0.6 is 22.9 Å². The minimum absolute atomic E-state index is 0.185. The van der Waals surface area contributed by atoms with E-state index < -0.39 is 0 Å². The van der Waals surface area contributed by atoms with Gasteiger partial charge in [-0.05, 0) is 55.7 Å². The van der Waals surface area contributed by atoms with E-state index in [0.717, 1.165) is 4.88 Å². The fourth-order valence-corrected chi connectivity index (χ4v) is 3.06. The predicted molar refractivity (Wildman–Crippen MR) is 75.8 cm³/mol. The fraction of sp³-hybridized carbons (Fsp3) is 0.286. The molecule has 0 bridgehead atoms. The van der Waals surface area contributed by atoms with Crippen molar-refractivity contribution in [1.29, 1.82) is 0 Å². The van der Waals surface area contributed by atoms with Crippen molar-refractivity contribution in [2.24, 2.45) is 5.73 Å². The monoisotopic (exact) mass is 283 g/mol. The highest BCUT2D eigenvalue weighted by atomic mass is 35.5. The van der Waals surface area contributed by atoms with Crippen LogP contribution in [0.15, 0.2) is 24.3 Å². The summed E-state index contributed by atoms with van der Waals surface area (Å²) in [5.41, 5.74) is 7.93. The van der Waals surface area contributed by atoms with E-state index >= 15 is 0 Å². The molecule has 0 amide bonds. The van der Waals surface area contributed by atoms with Crippen molar-refractivity contribution in [3.8, 4) is 0 Å². The van der Waals surface area contributed by atoms with E-state index in [1.165, 1.54) is 16.5 Å². The molecule has 1 aromatic carbocycles. The van der Waals surface area contributed by atoms with Crippen LogP contribution in [-0.4, -0.2) is 0 Å². The lowest BCUT2D eigenvalue weighted by molar-refractivity contribution is 0.595. The Kier molecular flexibility index (Phi) is 4.05. The second-order valence-corrected chi connectivity index (χ2v) is 6.16. The van der Waals surface area contributed by atoms with Gasteiger partial charge in [0, 0.05) is 20.8 Å². The van der Waals surface area contributed by atoms with Crippen LogP contribution in [0.5, 0.6) is 0 Å². The Morgan fingerprint density at radius 1 is 1.33 bits per heavy atom. The quantitative estimate of drug-likeness (QED) is 0.888. The number of hydrogen-bond acceptors (Lipinski definition) is 2. The highest BCUT2D eigenvalue weighted by molar-refractivity contribution is 7.12. The summed E-state index contributed by atoms with van der Waals surface area (Å²) in [7, 11) is 0. The molecule has 1 atom stereocenters. The Bertz CT molecular complexity index is 545. The van der Waals surface area contributed by atoms with E-state index in [2.05, 4.69) is 19.9 Å². The van der Waals surface area contributed by atoms with Gasteiger partial charge in [-0.1, -0.05) is 11.6 Å². The van der Waals surface area contributed by atoms with Crippen LogP contribution in [0.4, 0.5) is 4.39 Å². The zero-order valence-electron chi connectivity index (χ0n) is 10.3. The first kappa shape index (κ1) is 13.5. The second kappa shape index (κ2) is 5.39. The van der Waals surface area contributed by atoms with Crippen LogP contribution in [0.1, 0.15) is 26.9 Å². The average molecular weight is 284 g/mol. The molecule has 1 aromatic heterocycles. The molecule has 1 unspecified atom stereocenters. The summed E-state index contributed by atoms with van der Waals surface area (Å²) in [6, 6.07) is 6.47. The number of halogens is 2. The van der Waals surface area contributed by atoms with Gasteiger partial charge < -0.3 is 5.73 Å². The normalized spacial score (nSPS) is 12.7. The third-order valence-corrected chi connectivity index (χ3v) is 4.52. The smallest absolute Gasteiger partial charge is 0.126 e. The minimum atomic E-state index is -0.250. The van der Waals surface area contributed by atoms with Gasteiger partial charge >= 0.3 is 0 Å². The van der Waals surface area contributed by atoms with Crippen molar-refractivity contribution >= 4 is 22.9 Å². The zero-order chi connectivity index (χ0) is 13.3. The molecule has 0 saturated heterocycles. The lowest BCUT2D eigenvalue weighted by Gasteiger charge is -2.10. The summed E-state index contributed by atoms with van der Waals surface area (Å²) in [5.74, 6) is -0.250. The third-order valence-electron chi connectivity index (χ3n) is 3.00. The lowest BCUT2D eigenvalue weighted by Crippen LogP contribution is -2.12. The molecule has 2 aromatic rings. The maximum Gasteiger partial charge on any atom is 0.126 e. The van der Waals surface area contributed by atoms with Crippen LogP contribution in [0.25, 0.3) is 0 Å².